The molecule has 0 saturated carbocycles. The summed E-state index contributed by atoms with van der Waals surface area (Å²) in [7, 11) is 0. The van der Waals surface area contributed by atoms with Crippen molar-refractivity contribution < 1.29 is 17.6 Å². The van der Waals surface area contributed by atoms with Gasteiger partial charge in [0, 0.05) is 37.1 Å². The number of anilines is 1. The predicted octanol–water partition coefficient (Wildman–Crippen LogP) is 8.30. The number of nitrogens with zero attached hydrogens (tertiary/aromatic N) is 2. The molecule has 2 aliphatic heterocycles. The number of aromatic amines is 1. The number of fused-ring (bicyclic) bond motifs is 2. The SMILES string of the molecule is CCCCCCCCCC(CCC)N1CCCC2CN(c3c(F)cc(CN)c4[nH]c(C(F)(F)F)c(C)c34)CC21. The topological polar surface area (TPSA) is 48.3 Å². The number of halogens is 4. The maximum atomic E-state index is 15.7. The third kappa shape index (κ3) is 6.58. The number of aromatic nitrogens is 1. The van der Waals surface area contributed by atoms with Crippen molar-refractivity contribution in [1.82, 2.24) is 9.88 Å². The molecule has 1 aromatic heterocycles. The zero-order valence-corrected chi connectivity index (χ0v) is 24.1. The highest BCUT2D eigenvalue weighted by Crippen LogP contribution is 2.44. The molecule has 3 heterocycles. The molecule has 39 heavy (non-hydrogen) atoms. The first-order valence-corrected chi connectivity index (χ1v) is 15.3. The van der Waals surface area contributed by atoms with Crippen molar-refractivity contribution in [1.29, 1.82) is 0 Å². The minimum atomic E-state index is -4.54. The molecule has 0 amide bonds. The van der Waals surface area contributed by atoms with Crippen molar-refractivity contribution in [3.05, 3.63) is 28.7 Å². The average molecular weight is 553 g/mol. The molecule has 2 aliphatic rings. The molecule has 2 fully saturated rings. The molecular weight excluding hydrogens is 504 g/mol. The van der Waals surface area contributed by atoms with Gasteiger partial charge in [-0.1, -0.05) is 65.2 Å². The van der Waals surface area contributed by atoms with E-state index in [9.17, 15) is 13.2 Å². The number of aryl methyl sites for hydroxylation is 1. The minimum Gasteiger partial charge on any atom is -0.367 e. The van der Waals surface area contributed by atoms with Crippen LogP contribution in [0.1, 0.15) is 108 Å². The molecule has 0 bridgehead atoms. The molecule has 0 spiro atoms. The van der Waals surface area contributed by atoms with Crippen LogP contribution in [0.15, 0.2) is 6.07 Å². The second kappa shape index (κ2) is 13.2. The van der Waals surface area contributed by atoms with Crippen LogP contribution in [0.5, 0.6) is 0 Å². The fraction of sp³-hybridized carbons (Fsp3) is 0.742. The third-order valence-electron chi connectivity index (χ3n) is 9.21. The van der Waals surface area contributed by atoms with Crippen LogP contribution in [0.2, 0.25) is 0 Å². The molecule has 0 radical (unpaired) electrons. The Morgan fingerprint density at radius 2 is 1.74 bits per heavy atom. The van der Waals surface area contributed by atoms with Gasteiger partial charge >= 0.3 is 6.18 Å². The van der Waals surface area contributed by atoms with E-state index in [-0.39, 0.29) is 12.1 Å². The van der Waals surface area contributed by atoms with Crippen LogP contribution in [0, 0.1) is 18.7 Å². The van der Waals surface area contributed by atoms with E-state index in [1.165, 1.54) is 64.4 Å². The Labute approximate surface area is 231 Å². The predicted molar refractivity (Wildman–Crippen MR) is 153 cm³/mol. The highest BCUT2D eigenvalue weighted by Gasteiger charge is 2.43. The van der Waals surface area contributed by atoms with Crippen LogP contribution in [-0.2, 0) is 12.7 Å². The Hall–Kier alpha value is -1.80. The highest BCUT2D eigenvalue weighted by molar-refractivity contribution is 5.98. The zero-order chi connectivity index (χ0) is 28.2. The summed E-state index contributed by atoms with van der Waals surface area (Å²) >= 11 is 0. The van der Waals surface area contributed by atoms with Crippen molar-refractivity contribution in [2.24, 2.45) is 11.7 Å². The number of nitrogens with two attached hydrogens (primary N) is 1. The van der Waals surface area contributed by atoms with Crippen molar-refractivity contribution in [3.8, 4) is 0 Å². The lowest BCUT2D eigenvalue weighted by molar-refractivity contribution is -0.141. The van der Waals surface area contributed by atoms with Gasteiger partial charge in [-0.25, -0.2) is 4.39 Å². The lowest BCUT2D eigenvalue weighted by Gasteiger charge is -2.42. The Balaban J connectivity index is 1.55. The van der Waals surface area contributed by atoms with Gasteiger partial charge in [-0.15, -0.1) is 0 Å². The maximum Gasteiger partial charge on any atom is 0.431 e. The number of piperidine rings is 1. The standard InChI is InChI=1S/C31H48F4N4/c1-4-6-7-8-9-10-11-15-24(13-5-2)39-16-12-14-22-19-38(20-26(22)39)29-25(32)17-23(18-36)28-27(29)21(3)30(37-28)31(33,34)35/h17,22,24,26,37H,4-16,18-20,36H2,1-3H3. The van der Waals surface area contributed by atoms with E-state index in [2.05, 4.69) is 23.7 Å². The molecule has 8 heteroatoms. The summed E-state index contributed by atoms with van der Waals surface area (Å²) in [4.78, 5) is 7.27. The van der Waals surface area contributed by atoms with E-state index in [0.29, 0.717) is 53.2 Å². The van der Waals surface area contributed by atoms with E-state index >= 15 is 4.39 Å². The van der Waals surface area contributed by atoms with Gasteiger partial charge in [0.05, 0.1) is 11.2 Å². The summed E-state index contributed by atoms with van der Waals surface area (Å²) in [6.07, 6.45) is 10.2. The number of alkyl halides is 3. The van der Waals surface area contributed by atoms with Gasteiger partial charge in [0.25, 0.3) is 0 Å². The Morgan fingerprint density at radius 1 is 1.03 bits per heavy atom. The summed E-state index contributed by atoms with van der Waals surface area (Å²) in [6.45, 7) is 8.30. The lowest BCUT2D eigenvalue weighted by Crippen LogP contribution is -2.50. The van der Waals surface area contributed by atoms with Crippen molar-refractivity contribution in [2.45, 2.75) is 123 Å². The van der Waals surface area contributed by atoms with Crippen LogP contribution in [0.25, 0.3) is 10.9 Å². The average Bonchev–Trinajstić information content (AvgIpc) is 3.48. The number of hydrogen-bond acceptors (Lipinski definition) is 3. The normalized spacial score (nSPS) is 21.2. The molecular formula is C31H48F4N4. The van der Waals surface area contributed by atoms with E-state index in [4.69, 9.17) is 5.73 Å². The van der Waals surface area contributed by atoms with Gasteiger partial charge in [0.1, 0.15) is 11.5 Å². The van der Waals surface area contributed by atoms with Crippen LogP contribution < -0.4 is 10.6 Å². The number of likely N-dealkylation sites (tertiary alicyclic amines) is 1. The molecule has 4 nitrogen and oxygen atoms in total. The van der Waals surface area contributed by atoms with Crippen molar-refractivity contribution >= 4 is 16.6 Å². The second-order valence-electron chi connectivity index (χ2n) is 11.9. The van der Waals surface area contributed by atoms with E-state index in [1.54, 1.807) is 0 Å². The highest BCUT2D eigenvalue weighted by atomic mass is 19.4. The molecule has 3 atom stereocenters. The first-order chi connectivity index (χ1) is 18.7. The first kappa shape index (κ1) is 30.2. The molecule has 220 valence electrons. The van der Waals surface area contributed by atoms with Gasteiger partial charge in [-0.3, -0.25) is 4.90 Å². The fourth-order valence-corrected chi connectivity index (χ4v) is 7.29. The summed E-state index contributed by atoms with van der Waals surface area (Å²) in [5.74, 6) is -0.0747. The number of H-pyrrole nitrogens is 1. The quantitative estimate of drug-likeness (QED) is 0.194. The van der Waals surface area contributed by atoms with Crippen molar-refractivity contribution in [3.63, 3.8) is 0 Å². The van der Waals surface area contributed by atoms with E-state index in [0.717, 1.165) is 32.2 Å². The van der Waals surface area contributed by atoms with Crippen LogP contribution in [0.4, 0.5) is 23.2 Å². The Kier molecular flexibility index (Phi) is 10.2. The van der Waals surface area contributed by atoms with Gasteiger partial charge in [0.15, 0.2) is 0 Å². The summed E-state index contributed by atoms with van der Waals surface area (Å²) in [6, 6.07) is 2.16. The maximum absolute atomic E-state index is 15.7. The van der Waals surface area contributed by atoms with Crippen LogP contribution in [0.3, 0.4) is 0 Å². The molecule has 2 saturated heterocycles. The number of rotatable bonds is 13. The molecule has 4 rings (SSSR count). The smallest absolute Gasteiger partial charge is 0.367 e. The van der Waals surface area contributed by atoms with Crippen molar-refractivity contribution in [2.75, 3.05) is 24.5 Å². The molecule has 2 aromatic rings. The first-order valence-electron chi connectivity index (χ1n) is 15.3. The third-order valence-corrected chi connectivity index (χ3v) is 9.21. The summed E-state index contributed by atoms with van der Waals surface area (Å²) in [5.41, 5.74) is 6.06. The van der Waals surface area contributed by atoms with E-state index in [1.807, 2.05) is 4.90 Å². The van der Waals surface area contributed by atoms with Crippen LogP contribution in [-0.4, -0.2) is 41.6 Å². The Morgan fingerprint density at radius 3 is 2.41 bits per heavy atom. The van der Waals surface area contributed by atoms with Gasteiger partial charge in [-0.05, 0) is 62.3 Å². The number of benzene rings is 1. The molecule has 0 aliphatic carbocycles. The molecule has 3 N–H and O–H groups in total. The molecule has 3 unspecified atom stereocenters. The number of hydrogen-bond donors (Lipinski definition) is 2. The summed E-state index contributed by atoms with van der Waals surface area (Å²) < 4.78 is 57.1. The zero-order valence-electron chi connectivity index (χ0n) is 24.1. The minimum absolute atomic E-state index is 0.0265. The van der Waals surface area contributed by atoms with Gasteiger partial charge in [-0.2, -0.15) is 13.2 Å². The largest absolute Gasteiger partial charge is 0.431 e. The fourth-order valence-electron chi connectivity index (χ4n) is 7.29. The molecule has 1 aromatic carbocycles. The number of unbranched alkanes of at least 4 members (excludes halogenated alkanes) is 6. The number of nitrogens with one attached hydrogen (secondary N) is 1. The lowest BCUT2D eigenvalue weighted by atomic mass is 9.88. The summed E-state index contributed by atoms with van der Waals surface area (Å²) in [5, 5.41) is 0.334. The second-order valence-corrected chi connectivity index (χ2v) is 11.9. The van der Waals surface area contributed by atoms with Crippen LogP contribution >= 0.6 is 0 Å². The van der Waals surface area contributed by atoms with Gasteiger partial charge in [0.2, 0.25) is 0 Å². The van der Waals surface area contributed by atoms with Gasteiger partial charge < -0.3 is 15.6 Å². The Bertz CT molecular complexity index is 1080. The monoisotopic (exact) mass is 552 g/mol. The van der Waals surface area contributed by atoms with E-state index < -0.39 is 17.7 Å².